The number of hydrogen-bond acceptors (Lipinski definition) is 3. The molecule has 0 radical (unpaired) electrons. The lowest BCUT2D eigenvalue weighted by atomic mass is 9.96. The average molecular weight is 262 g/mol. The Kier molecular flexibility index (Phi) is 4.97. The van der Waals surface area contributed by atoms with Gasteiger partial charge in [0, 0.05) is 0 Å². The number of carbonyl (C=O) groups is 1. The minimum absolute atomic E-state index is 0.329. The van der Waals surface area contributed by atoms with Crippen molar-refractivity contribution in [2.75, 3.05) is 0 Å². The van der Waals surface area contributed by atoms with Crippen molar-refractivity contribution in [1.29, 1.82) is 0 Å². The summed E-state index contributed by atoms with van der Waals surface area (Å²) in [4.78, 5) is 12.0. The van der Waals surface area contributed by atoms with Gasteiger partial charge in [0.2, 0.25) is 0 Å². The first-order valence-corrected chi connectivity index (χ1v) is 7.12. The van der Waals surface area contributed by atoms with Gasteiger partial charge in [-0.3, -0.25) is 0 Å². The molecule has 1 aromatic rings. The number of aliphatic hydroxyl groups excluding tert-OH is 1. The van der Waals surface area contributed by atoms with Gasteiger partial charge in [0.1, 0.15) is 6.10 Å². The lowest BCUT2D eigenvalue weighted by molar-refractivity contribution is -0.0282. The number of esters is 1. The van der Waals surface area contributed by atoms with Crippen LogP contribution < -0.4 is 0 Å². The summed E-state index contributed by atoms with van der Waals surface area (Å²) in [6, 6.07) is 7.33. The lowest BCUT2D eigenvalue weighted by Gasteiger charge is -2.25. The van der Waals surface area contributed by atoms with Crippen molar-refractivity contribution in [1.82, 2.24) is 0 Å². The number of aliphatic hydroxyl groups is 1. The molecule has 0 aliphatic heterocycles. The molecular weight excluding hydrogens is 240 g/mol. The van der Waals surface area contributed by atoms with Gasteiger partial charge in [-0.15, -0.1) is 0 Å². The average Bonchev–Trinajstić information content (AvgIpc) is 2.39. The van der Waals surface area contributed by atoms with E-state index in [2.05, 4.69) is 0 Å². The van der Waals surface area contributed by atoms with E-state index in [9.17, 15) is 9.90 Å². The topological polar surface area (TPSA) is 46.5 Å². The minimum atomic E-state index is -0.519. The zero-order valence-electron chi connectivity index (χ0n) is 11.5. The van der Waals surface area contributed by atoms with Crippen LogP contribution in [0.1, 0.15) is 54.4 Å². The third-order valence-corrected chi connectivity index (χ3v) is 3.71. The molecule has 0 heterocycles. The number of benzene rings is 1. The Balaban J connectivity index is 1.97. The van der Waals surface area contributed by atoms with E-state index < -0.39 is 6.10 Å². The van der Waals surface area contributed by atoms with Crippen LogP contribution in [0.15, 0.2) is 24.3 Å². The van der Waals surface area contributed by atoms with Crippen LogP contribution in [0.5, 0.6) is 0 Å². The Hall–Kier alpha value is -1.35. The Morgan fingerprint density at radius 2 is 1.74 bits per heavy atom. The molecule has 0 unspecified atom stereocenters. The maximum atomic E-state index is 12.0. The molecule has 1 fully saturated rings. The zero-order valence-corrected chi connectivity index (χ0v) is 11.5. The van der Waals surface area contributed by atoms with Crippen molar-refractivity contribution < 1.29 is 14.6 Å². The molecule has 1 saturated carbocycles. The van der Waals surface area contributed by atoms with Crippen LogP contribution in [0.3, 0.4) is 0 Å². The summed E-state index contributed by atoms with van der Waals surface area (Å²) in [6.45, 7) is 1.98. The number of carbonyl (C=O) groups excluding carboxylic acids is 1. The van der Waals surface area contributed by atoms with E-state index in [0.29, 0.717) is 5.56 Å². The first-order chi connectivity index (χ1) is 9.16. The van der Waals surface area contributed by atoms with Crippen LogP contribution in [0.4, 0.5) is 0 Å². The van der Waals surface area contributed by atoms with Crippen molar-refractivity contribution in [3.05, 3.63) is 35.4 Å². The van der Waals surface area contributed by atoms with Crippen molar-refractivity contribution in [3.8, 4) is 0 Å². The maximum Gasteiger partial charge on any atom is 0.338 e. The van der Waals surface area contributed by atoms with Crippen molar-refractivity contribution in [2.24, 2.45) is 0 Å². The summed E-state index contributed by atoms with van der Waals surface area (Å²) in [5, 5.41) is 10.0. The molecule has 3 nitrogen and oxygen atoms in total. The second kappa shape index (κ2) is 6.71. The molecule has 3 heteroatoms. The van der Waals surface area contributed by atoms with Crippen LogP contribution in [0.25, 0.3) is 0 Å². The molecule has 0 saturated heterocycles. The van der Waals surface area contributed by atoms with Gasteiger partial charge in [-0.25, -0.2) is 4.79 Å². The van der Waals surface area contributed by atoms with E-state index in [1.54, 1.807) is 12.1 Å². The quantitative estimate of drug-likeness (QED) is 0.832. The van der Waals surface area contributed by atoms with Crippen molar-refractivity contribution in [3.63, 3.8) is 0 Å². The van der Waals surface area contributed by atoms with Crippen molar-refractivity contribution >= 4 is 5.97 Å². The number of ether oxygens (including phenoxy) is 1. The van der Waals surface area contributed by atoms with Crippen molar-refractivity contribution in [2.45, 2.75) is 57.7 Å². The molecule has 1 aliphatic rings. The molecule has 104 valence electrons. The first-order valence-electron chi connectivity index (χ1n) is 7.12. The second-order valence-electron chi connectivity index (χ2n) is 5.37. The third-order valence-electron chi connectivity index (χ3n) is 3.71. The molecule has 1 aromatic carbocycles. The van der Waals surface area contributed by atoms with Crippen LogP contribution in [-0.2, 0) is 4.74 Å². The highest BCUT2D eigenvalue weighted by Gasteiger charge is 2.24. The van der Waals surface area contributed by atoms with Gasteiger partial charge in [0.25, 0.3) is 0 Å². The van der Waals surface area contributed by atoms with Gasteiger partial charge < -0.3 is 9.84 Å². The Labute approximate surface area is 114 Å². The van der Waals surface area contributed by atoms with Gasteiger partial charge >= 0.3 is 5.97 Å². The van der Waals surface area contributed by atoms with E-state index in [-0.39, 0.29) is 12.1 Å². The zero-order chi connectivity index (χ0) is 13.7. The van der Waals surface area contributed by atoms with E-state index in [1.807, 2.05) is 19.1 Å². The molecule has 2 atom stereocenters. The predicted molar refractivity (Wildman–Crippen MR) is 74.1 cm³/mol. The maximum absolute atomic E-state index is 12.0. The Morgan fingerprint density at radius 1 is 1.11 bits per heavy atom. The fraction of sp³-hybridized carbons (Fsp3) is 0.562. The summed E-state index contributed by atoms with van der Waals surface area (Å²) in [7, 11) is 0. The Bertz CT molecular complexity index is 411. The van der Waals surface area contributed by atoms with E-state index in [1.165, 1.54) is 0 Å². The summed E-state index contributed by atoms with van der Waals surface area (Å²) < 4.78 is 5.48. The molecule has 19 heavy (non-hydrogen) atoms. The highest BCUT2D eigenvalue weighted by Crippen LogP contribution is 2.21. The molecule has 0 aromatic heterocycles. The van der Waals surface area contributed by atoms with E-state index in [4.69, 9.17) is 4.74 Å². The van der Waals surface area contributed by atoms with Crippen LogP contribution >= 0.6 is 0 Å². The predicted octanol–water partition coefficient (Wildman–Crippen LogP) is 3.24. The van der Waals surface area contributed by atoms with Crippen LogP contribution in [0, 0.1) is 6.92 Å². The third kappa shape index (κ3) is 4.06. The summed E-state index contributed by atoms with van der Waals surface area (Å²) in [6.07, 6.45) is 4.97. The molecule has 0 amide bonds. The highest BCUT2D eigenvalue weighted by atomic mass is 16.6. The monoisotopic (exact) mass is 262 g/mol. The largest absolute Gasteiger partial charge is 0.456 e. The SMILES string of the molecule is Cc1ccc(C(=O)O[C@H]2CCCCCC[C@H]2O)cc1. The summed E-state index contributed by atoms with van der Waals surface area (Å²) >= 11 is 0. The minimum Gasteiger partial charge on any atom is -0.456 e. The van der Waals surface area contributed by atoms with Gasteiger partial charge in [0.15, 0.2) is 0 Å². The normalized spacial score (nSPS) is 24.3. The van der Waals surface area contributed by atoms with Gasteiger partial charge in [-0.1, -0.05) is 37.0 Å². The molecule has 1 N–H and O–H groups in total. The van der Waals surface area contributed by atoms with E-state index >= 15 is 0 Å². The molecule has 1 aliphatic carbocycles. The number of rotatable bonds is 2. The van der Waals surface area contributed by atoms with Gasteiger partial charge in [-0.05, 0) is 38.3 Å². The first kappa shape index (κ1) is 14.1. The molecule has 0 bridgehead atoms. The fourth-order valence-electron chi connectivity index (χ4n) is 2.46. The van der Waals surface area contributed by atoms with Gasteiger partial charge in [0.05, 0.1) is 11.7 Å². The fourth-order valence-corrected chi connectivity index (χ4v) is 2.46. The molecular formula is C16H22O3. The summed E-state index contributed by atoms with van der Waals surface area (Å²) in [5.74, 6) is -0.329. The van der Waals surface area contributed by atoms with Crippen LogP contribution in [-0.4, -0.2) is 23.3 Å². The standard InChI is InChI=1S/C16H22O3/c1-12-8-10-13(11-9-12)16(18)19-15-7-5-3-2-4-6-14(15)17/h8-11,14-15,17H,2-7H2,1H3/t14-,15+/m1/s1. The lowest BCUT2D eigenvalue weighted by Crippen LogP contribution is -2.32. The highest BCUT2D eigenvalue weighted by molar-refractivity contribution is 5.89. The number of aryl methyl sites for hydroxylation is 1. The summed E-state index contributed by atoms with van der Waals surface area (Å²) in [5.41, 5.74) is 1.67. The smallest absolute Gasteiger partial charge is 0.338 e. The van der Waals surface area contributed by atoms with Crippen LogP contribution in [0.2, 0.25) is 0 Å². The molecule has 0 spiro atoms. The van der Waals surface area contributed by atoms with E-state index in [0.717, 1.165) is 44.1 Å². The Morgan fingerprint density at radius 3 is 2.42 bits per heavy atom. The second-order valence-corrected chi connectivity index (χ2v) is 5.37. The number of hydrogen-bond donors (Lipinski definition) is 1. The molecule has 2 rings (SSSR count). The van der Waals surface area contributed by atoms with Gasteiger partial charge in [-0.2, -0.15) is 0 Å².